The Morgan fingerprint density at radius 2 is 1.69 bits per heavy atom. The highest BCUT2D eigenvalue weighted by molar-refractivity contribution is 5.98. The number of anilines is 1. The SMILES string of the molecule is Cc1ccc(CN2CCCN(c3cccc(C(=O)NCCc4ccccc4)c3)C2=O)cc1. The summed E-state index contributed by atoms with van der Waals surface area (Å²) in [6.45, 7) is 4.61. The number of hydrogen-bond donors (Lipinski definition) is 1. The molecule has 0 radical (unpaired) electrons. The van der Waals surface area contributed by atoms with Gasteiger partial charge in [0, 0.05) is 37.4 Å². The van der Waals surface area contributed by atoms with Gasteiger partial charge in [0.2, 0.25) is 0 Å². The van der Waals surface area contributed by atoms with Crippen LogP contribution in [0.5, 0.6) is 0 Å². The van der Waals surface area contributed by atoms with Gasteiger partial charge in [-0.2, -0.15) is 0 Å². The van der Waals surface area contributed by atoms with Crippen molar-refractivity contribution in [3.05, 3.63) is 101 Å². The van der Waals surface area contributed by atoms with Crippen LogP contribution >= 0.6 is 0 Å². The monoisotopic (exact) mass is 427 g/mol. The fraction of sp³-hybridized carbons (Fsp3) is 0.259. The summed E-state index contributed by atoms with van der Waals surface area (Å²) in [5.74, 6) is -0.122. The molecule has 3 amide bonds. The van der Waals surface area contributed by atoms with E-state index < -0.39 is 0 Å². The molecule has 1 aliphatic rings. The van der Waals surface area contributed by atoms with E-state index in [0.29, 0.717) is 25.2 Å². The molecule has 0 unspecified atom stereocenters. The zero-order valence-corrected chi connectivity index (χ0v) is 18.5. The molecule has 164 valence electrons. The molecule has 0 saturated carbocycles. The molecule has 0 atom stereocenters. The highest BCUT2D eigenvalue weighted by Gasteiger charge is 2.27. The van der Waals surface area contributed by atoms with Crippen LogP contribution in [0, 0.1) is 6.92 Å². The molecule has 1 heterocycles. The summed E-state index contributed by atoms with van der Waals surface area (Å²) in [5, 5.41) is 2.98. The smallest absolute Gasteiger partial charge is 0.324 e. The number of urea groups is 1. The van der Waals surface area contributed by atoms with E-state index in [1.54, 1.807) is 11.0 Å². The quantitative estimate of drug-likeness (QED) is 0.589. The average Bonchev–Trinajstić information content (AvgIpc) is 2.82. The zero-order valence-electron chi connectivity index (χ0n) is 18.5. The van der Waals surface area contributed by atoms with Gasteiger partial charge in [0.05, 0.1) is 0 Å². The maximum atomic E-state index is 13.2. The van der Waals surface area contributed by atoms with Gasteiger partial charge in [-0.05, 0) is 49.1 Å². The minimum Gasteiger partial charge on any atom is -0.352 e. The van der Waals surface area contributed by atoms with Gasteiger partial charge in [-0.1, -0.05) is 66.2 Å². The van der Waals surface area contributed by atoms with Crippen molar-refractivity contribution in [1.29, 1.82) is 0 Å². The molecule has 4 rings (SSSR count). The number of nitrogens with one attached hydrogen (secondary N) is 1. The lowest BCUT2D eigenvalue weighted by Gasteiger charge is -2.36. The largest absolute Gasteiger partial charge is 0.352 e. The van der Waals surface area contributed by atoms with Crippen LogP contribution in [0.15, 0.2) is 78.9 Å². The van der Waals surface area contributed by atoms with Crippen LogP contribution in [-0.2, 0) is 13.0 Å². The lowest BCUT2D eigenvalue weighted by molar-refractivity contribution is 0.0954. The van der Waals surface area contributed by atoms with Gasteiger partial charge < -0.3 is 10.2 Å². The van der Waals surface area contributed by atoms with Crippen LogP contribution in [0.2, 0.25) is 0 Å². The Hall–Kier alpha value is -3.60. The summed E-state index contributed by atoms with van der Waals surface area (Å²) in [6, 6.07) is 25.7. The molecular formula is C27H29N3O2. The Labute approximate surface area is 189 Å². The maximum absolute atomic E-state index is 13.2. The zero-order chi connectivity index (χ0) is 22.3. The second-order valence-electron chi connectivity index (χ2n) is 8.24. The van der Waals surface area contributed by atoms with Crippen molar-refractivity contribution in [2.45, 2.75) is 26.3 Å². The average molecular weight is 428 g/mol. The normalized spacial score (nSPS) is 13.8. The first-order chi connectivity index (χ1) is 15.6. The van der Waals surface area contributed by atoms with Crippen LogP contribution in [-0.4, -0.2) is 36.5 Å². The van der Waals surface area contributed by atoms with E-state index >= 15 is 0 Å². The summed E-state index contributed by atoms with van der Waals surface area (Å²) < 4.78 is 0. The van der Waals surface area contributed by atoms with Crippen LogP contribution in [0.25, 0.3) is 0 Å². The molecule has 5 nitrogen and oxygen atoms in total. The third-order valence-electron chi connectivity index (χ3n) is 5.77. The summed E-state index contributed by atoms with van der Waals surface area (Å²) in [5.41, 5.74) is 4.85. The number of carbonyl (C=O) groups is 2. The van der Waals surface area contributed by atoms with Crippen molar-refractivity contribution in [2.24, 2.45) is 0 Å². The molecule has 1 fully saturated rings. The van der Waals surface area contributed by atoms with Gasteiger partial charge in [0.25, 0.3) is 5.91 Å². The van der Waals surface area contributed by atoms with E-state index in [4.69, 9.17) is 0 Å². The number of hydrogen-bond acceptors (Lipinski definition) is 2. The molecule has 0 bridgehead atoms. The molecule has 0 aliphatic carbocycles. The van der Waals surface area contributed by atoms with E-state index in [-0.39, 0.29) is 11.9 Å². The highest BCUT2D eigenvalue weighted by Crippen LogP contribution is 2.23. The molecular weight excluding hydrogens is 398 g/mol. The maximum Gasteiger partial charge on any atom is 0.324 e. The number of nitrogens with zero attached hydrogens (tertiary/aromatic N) is 2. The van der Waals surface area contributed by atoms with Crippen molar-refractivity contribution in [2.75, 3.05) is 24.5 Å². The van der Waals surface area contributed by atoms with E-state index in [1.807, 2.05) is 41.3 Å². The first-order valence-corrected chi connectivity index (χ1v) is 11.1. The first kappa shape index (κ1) is 21.6. The van der Waals surface area contributed by atoms with E-state index in [0.717, 1.165) is 30.6 Å². The van der Waals surface area contributed by atoms with Gasteiger partial charge in [0.15, 0.2) is 0 Å². The Kier molecular flexibility index (Phi) is 6.85. The minimum atomic E-state index is -0.122. The molecule has 3 aromatic rings. The standard InChI is InChI=1S/C27H29N3O2/c1-21-11-13-23(14-12-21)20-29-17-6-18-30(27(29)32)25-10-5-9-24(19-25)26(31)28-16-15-22-7-3-2-4-8-22/h2-5,7-14,19H,6,15-18,20H2,1H3,(H,28,31). The van der Waals surface area contributed by atoms with Crippen LogP contribution in [0.4, 0.5) is 10.5 Å². The van der Waals surface area contributed by atoms with Gasteiger partial charge in [-0.15, -0.1) is 0 Å². The number of rotatable bonds is 7. The Balaban J connectivity index is 1.39. The molecule has 1 saturated heterocycles. The predicted molar refractivity (Wildman–Crippen MR) is 128 cm³/mol. The van der Waals surface area contributed by atoms with Crippen molar-refractivity contribution in [3.8, 4) is 0 Å². The predicted octanol–water partition coefficient (Wildman–Crippen LogP) is 4.80. The van der Waals surface area contributed by atoms with Crippen molar-refractivity contribution < 1.29 is 9.59 Å². The van der Waals surface area contributed by atoms with E-state index in [9.17, 15) is 9.59 Å². The summed E-state index contributed by atoms with van der Waals surface area (Å²) >= 11 is 0. The number of amides is 3. The third kappa shape index (κ3) is 5.35. The molecule has 5 heteroatoms. The van der Waals surface area contributed by atoms with E-state index in [1.165, 1.54) is 11.1 Å². The summed E-state index contributed by atoms with van der Waals surface area (Å²) in [7, 11) is 0. The molecule has 32 heavy (non-hydrogen) atoms. The van der Waals surface area contributed by atoms with Gasteiger partial charge in [-0.25, -0.2) is 4.79 Å². The van der Waals surface area contributed by atoms with Gasteiger partial charge in [0.1, 0.15) is 0 Å². The Morgan fingerprint density at radius 1 is 0.906 bits per heavy atom. The fourth-order valence-electron chi connectivity index (χ4n) is 3.96. The van der Waals surface area contributed by atoms with Crippen LogP contribution in [0.3, 0.4) is 0 Å². The van der Waals surface area contributed by atoms with E-state index in [2.05, 4.69) is 48.6 Å². The van der Waals surface area contributed by atoms with Gasteiger partial charge in [-0.3, -0.25) is 9.69 Å². The Morgan fingerprint density at radius 3 is 2.47 bits per heavy atom. The second kappa shape index (κ2) is 10.1. The Bertz CT molecular complexity index is 1060. The lowest BCUT2D eigenvalue weighted by Crippen LogP contribution is -2.49. The molecule has 0 aromatic heterocycles. The molecule has 0 spiro atoms. The number of benzene rings is 3. The van der Waals surface area contributed by atoms with Crippen molar-refractivity contribution >= 4 is 17.6 Å². The van der Waals surface area contributed by atoms with Crippen molar-refractivity contribution in [1.82, 2.24) is 10.2 Å². The lowest BCUT2D eigenvalue weighted by atomic mass is 10.1. The minimum absolute atomic E-state index is 0.0153. The molecule has 1 N–H and O–H groups in total. The number of aryl methyl sites for hydroxylation is 1. The fourth-order valence-corrected chi connectivity index (χ4v) is 3.96. The number of carbonyl (C=O) groups excluding carboxylic acids is 2. The molecule has 1 aliphatic heterocycles. The van der Waals surface area contributed by atoms with Crippen LogP contribution < -0.4 is 10.2 Å². The first-order valence-electron chi connectivity index (χ1n) is 11.1. The molecule has 3 aromatic carbocycles. The van der Waals surface area contributed by atoms with Crippen molar-refractivity contribution in [3.63, 3.8) is 0 Å². The topological polar surface area (TPSA) is 52.6 Å². The highest BCUT2D eigenvalue weighted by atomic mass is 16.2. The van der Waals surface area contributed by atoms with Crippen LogP contribution in [0.1, 0.15) is 33.5 Å². The van der Waals surface area contributed by atoms with Gasteiger partial charge >= 0.3 is 6.03 Å². The summed E-state index contributed by atoms with van der Waals surface area (Å²) in [6.07, 6.45) is 1.68. The summed E-state index contributed by atoms with van der Waals surface area (Å²) in [4.78, 5) is 29.5. The third-order valence-corrected chi connectivity index (χ3v) is 5.77. The second-order valence-corrected chi connectivity index (χ2v) is 8.24.